The van der Waals surface area contributed by atoms with Gasteiger partial charge >= 0.3 is 5.63 Å². The molecule has 0 saturated carbocycles. The standard InChI is InChI=1S/C11H10O3.C6H5NO5S/c1-6-7(2)11(13)14-10-5-8(12)3-4-9(6)10;8-7(9)5-1-3-6(4-2-5)13(10,11)12/h3-5,12H,1-2H3;1-4H,(H,10,11,12). The number of fused-ring (bicyclic) bond motifs is 1. The van der Waals surface area contributed by atoms with E-state index in [4.69, 9.17) is 8.97 Å². The molecule has 2 N–H and O–H groups in total. The van der Waals surface area contributed by atoms with Crippen molar-refractivity contribution in [3.8, 4) is 5.75 Å². The zero-order chi connectivity index (χ0) is 20.4. The summed E-state index contributed by atoms with van der Waals surface area (Å²) in [7, 11) is -4.27. The molecule has 0 fully saturated rings. The summed E-state index contributed by atoms with van der Waals surface area (Å²) in [5.41, 5.74) is 1.37. The molecule has 0 spiro atoms. The molecule has 142 valence electrons. The molecule has 3 rings (SSSR count). The Hall–Kier alpha value is -3.24. The van der Waals surface area contributed by atoms with Crippen molar-refractivity contribution >= 4 is 26.8 Å². The van der Waals surface area contributed by atoms with E-state index in [2.05, 4.69) is 0 Å². The molecule has 0 unspecified atom stereocenters. The molecular formula is C17H15NO8S. The van der Waals surface area contributed by atoms with E-state index >= 15 is 0 Å². The Morgan fingerprint density at radius 3 is 2.15 bits per heavy atom. The van der Waals surface area contributed by atoms with E-state index < -0.39 is 15.0 Å². The van der Waals surface area contributed by atoms with Gasteiger partial charge < -0.3 is 9.52 Å². The van der Waals surface area contributed by atoms with E-state index in [0.717, 1.165) is 35.2 Å². The van der Waals surface area contributed by atoms with Gasteiger partial charge in [-0.3, -0.25) is 14.7 Å². The summed E-state index contributed by atoms with van der Waals surface area (Å²) in [5, 5.41) is 20.2. The first-order chi connectivity index (χ1) is 12.5. The molecular weight excluding hydrogens is 378 g/mol. The topological polar surface area (TPSA) is 148 Å². The SMILES string of the molecule is Cc1c(C)c2ccc(O)cc2oc1=O.O=[N+]([O-])c1ccc(S(=O)(=O)O)cc1. The summed E-state index contributed by atoms with van der Waals surface area (Å²) >= 11 is 0. The van der Waals surface area contributed by atoms with Crippen LogP contribution in [0, 0.1) is 24.0 Å². The van der Waals surface area contributed by atoms with E-state index in [-0.39, 0.29) is 22.0 Å². The second kappa shape index (κ2) is 7.56. The summed E-state index contributed by atoms with van der Waals surface area (Å²) in [6, 6.07) is 8.71. The average molecular weight is 393 g/mol. The highest BCUT2D eigenvalue weighted by molar-refractivity contribution is 7.85. The zero-order valence-electron chi connectivity index (χ0n) is 14.2. The number of phenols is 1. The fraction of sp³-hybridized carbons (Fsp3) is 0.118. The lowest BCUT2D eigenvalue weighted by molar-refractivity contribution is -0.384. The summed E-state index contributed by atoms with van der Waals surface area (Å²) < 4.78 is 34.6. The van der Waals surface area contributed by atoms with Crippen LogP contribution in [0.3, 0.4) is 0 Å². The molecule has 10 heteroatoms. The first-order valence-corrected chi connectivity index (χ1v) is 8.89. The number of aromatic hydroxyl groups is 1. The van der Waals surface area contributed by atoms with Gasteiger partial charge in [0.2, 0.25) is 0 Å². The third-order valence-corrected chi connectivity index (χ3v) is 4.65. The van der Waals surface area contributed by atoms with Gasteiger partial charge in [-0.1, -0.05) is 0 Å². The summed E-state index contributed by atoms with van der Waals surface area (Å²) in [4.78, 5) is 20.5. The summed E-state index contributed by atoms with van der Waals surface area (Å²) in [5.74, 6) is 0.101. The van der Waals surface area contributed by atoms with E-state index in [0.29, 0.717) is 11.1 Å². The number of hydrogen-bond donors (Lipinski definition) is 2. The summed E-state index contributed by atoms with van der Waals surface area (Å²) in [6.45, 7) is 3.60. The van der Waals surface area contributed by atoms with Gasteiger partial charge in [-0.2, -0.15) is 8.42 Å². The lowest BCUT2D eigenvalue weighted by atomic mass is 10.1. The van der Waals surface area contributed by atoms with Crippen LogP contribution in [0.1, 0.15) is 11.1 Å². The van der Waals surface area contributed by atoms with Crippen molar-refractivity contribution in [3.63, 3.8) is 0 Å². The number of nitro groups is 1. The summed E-state index contributed by atoms with van der Waals surface area (Å²) in [6.07, 6.45) is 0. The molecule has 0 aliphatic heterocycles. The predicted octanol–water partition coefficient (Wildman–Crippen LogP) is 2.96. The number of aryl methyl sites for hydroxylation is 1. The van der Waals surface area contributed by atoms with Gasteiger partial charge in [0.1, 0.15) is 11.3 Å². The normalized spacial score (nSPS) is 10.9. The van der Waals surface area contributed by atoms with Gasteiger partial charge in [-0.25, -0.2) is 4.79 Å². The van der Waals surface area contributed by atoms with Crippen LogP contribution in [0.25, 0.3) is 11.0 Å². The number of hydrogen-bond acceptors (Lipinski definition) is 7. The van der Waals surface area contributed by atoms with Crippen molar-refractivity contribution in [3.05, 3.63) is 74.1 Å². The van der Waals surface area contributed by atoms with Crippen LogP contribution in [0.15, 0.2) is 56.6 Å². The van der Waals surface area contributed by atoms with Crippen LogP contribution >= 0.6 is 0 Å². The van der Waals surface area contributed by atoms with Crippen LogP contribution in [0.2, 0.25) is 0 Å². The van der Waals surface area contributed by atoms with E-state index in [1.54, 1.807) is 19.1 Å². The van der Waals surface area contributed by atoms with Gasteiger partial charge in [0, 0.05) is 29.1 Å². The van der Waals surface area contributed by atoms with Gasteiger partial charge in [-0.15, -0.1) is 0 Å². The largest absolute Gasteiger partial charge is 0.508 e. The number of rotatable bonds is 2. The fourth-order valence-electron chi connectivity index (χ4n) is 2.18. The lowest BCUT2D eigenvalue weighted by Crippen LogP contribution is -2.05. The van der Waals surface area contributed by atoms with Gasteiger partial charge in [0.05, 0.1) is 9.82 Å². The van der Waals surface area contributed by atoms with Crippen molar-refractivity contribution in [2.24, 2.45) is 0 Å². The highest BCUT2D eigenvalue weighted by atomic mass is 32.2. The number of non-ortho nitro benzene ring substituents is 1. The highest BCUT2D eigenvalue weighted by Gasteiger charge is 2.11. The van der Waals surface area contributed by atoms with Crippen molar-refractivity contribution in [2.45, 2.75) is 18.7 Å². The van der Waals surface area contributed by atoms with E-state index in [9.17, 15) is 28.4 Å². The molecule has 0 radical (unpaired) electrons. The molecule has 2 aromatic carbocycles. The highest BCUT2D eigenvalue weighted by Crippen LogP contribution is 2.22. The minimum absolute atomic E-state index is 0.101. The molecule has 3 aromatic rings. The molecule has 0 bridgehead atoms. The maximum absolute atomic E-state index is 11.3. The molecule has 1 aromatic heterocycles. The van der Waals surface area contributed by atoms with Gasteiger partial charge in [0.15, 0.2) is 0 Å². The Labute approximate surface area is 153 Å². The van der Waals surface area contributed by atoms with Crippen LogP contribution in [0.5, 0.6) is 5.75 Å². The Kier molecular flexibility index (Phi) is 5.62. The lowest BCUT2D eigenvalue weighted by Gasteiger charge is -2.03. The first kappa shape index (κ1) is 20.1. The van der Waals surface area contributed by atoms with Crippen molar-refractivity contribution in [1.82, 2.24) is 0 Å². The third kappa shape index (κ3) is 4.68. The van der Waals surface area contributed by atoms with Crippen LogP contribution < -0.4 is 5.63 Å². The molecule has 9 nitrogen and oxygen atoms in total. The van der Waals surface area contributed by atoms with Crippen molar-refractivity contribution < 1.29 is 27.4 Å². The Bertz CT molecular complexity index is 1160. The van der Waals surface area contributed by atoms with E-state index in [1.165, 1.54) is 6.07 Å². The number of nitrogens with zero attached hydrogens (tertiary/aromatic N) is 1. The van der Waals surface area contributed by atoms with Crippen molar-refractivity contribution in [2.75, 3.05) is 0 Å². The average Bonchev–Trinajstić information content (AvgIpc) is 2.59. The number of phenolic OH excluding ortho intramolecular Hbond substituents is 1. The molecule has 0 atom stereocenters. The predicted molar refractivity (Wildman–Crippen MR) is 96.5 cm³/mol. The minimum Gasteiger partial charge on any atom is -0.508 e. The van der Waals surface area contributed by atoms with Crippen LogP contribution in [-0.2, 0) is 10.1 Å². The number of benzene rings is 2. The third-order valence-electron chi connectivity index (χ3n) is 3.79. The quantitative estimate of drug-likeness (QED) is 0.292. The molecule has 0 saturated heterocycles. The maximum atomic E-state index is 11.3. The minimum atomic E-state index is -4.27. The molecule has 0 amide bonds. The van der Waals surface area contributed by atoms with Gasteiger partial charge in [0.25, 0.3) is 15.8 Å². The van der Waals surface area contributed by atoms with Crippen LogP contribution in [-0.4, -0.2) is 23.0 Å². The smallest absolute Gasteiger partial charge is 0.339 e. The Morgan fingerprint density at radius 1 is 1.04 bits per heavy atom. The van der Waals surface area contributed by atoms with Gasteiger partial charge in [-0.05, 0) is 43.7 Å². The number of nitro benzene ring substituents is 1. The second-order valence-corrected chi connectivity index (χ2v) is 6.97. The molecule has 1 heterocycles. The second-order valence-electron chi connectivity index (χ2n) is 5.55. The monoisotopic (exact) mass is 393 g/mol. The Balaban J connectivity index is 0.000000194. The zero-order valence-corrected chi connectivity index (χ0v) is 15.1. The fourth-order valence-corrected chi connectivity index (χ4v) is 2.66. The molecule has 27 heavy (non-hydrogen) atoms. The van der Waals surface area contributed by atoms with E-state index in [1.807, 2.05) is 6.92 Å². The van der Waals surface area contributed by atoms with Crippen LogP contribution in [0.4, 0.5) is 5.69 Å². The maximum Gasteiger partial charge on any atom is 0.339 e. The first-order valence-electron chi connectivity index (χ1n) is 7.45. The molecule has 0 aliphatic carbocycles. The Morgan fingerprint density at radius 2 is 1.63 bits per heavy atom. The van der Waals surface area contributed by atoms with Crippen molar-refractivity contribution in [1.29, 1.82) is 0 Å². The molecule has 0 aliphatic rings.